The molecule has 2 amide bonds. The first-order chi connectivity index (χ1) is 18.2. The van der Waals surface area contributed by atoms with Gasteiger partial charge in [0.1, 0.15) is 12.6 Å². The zero-order valence-corrected chi connectivity index (χ0v) is 24.1. The predicted octanol–water partition coefficient (Wildman–Crippen LogP) is 6.29. The normalized spacial score (nSPS) is 11.9. The number of ether oxygens (including phenoxy) is 2. The molecule has 3 aromatic carbocycles. The molecule has 0 heterocycles. The van der Waals surface area contributed by atoms with Crippen molar-refractivity contribution < 1.29 is 19.1 Å². The monoisotopic (exact) mass is 599 g/mol. The lowest BCUT2D eigenvalue weighted by atomic mass is 10.0. The van der Waals surface area contributed by atoms with E-state index in [4.69, 9.17) is 21.1 Å². The van der Waals surface area contributed by atoms with Gasteiger partial charge in [-0.05, 0) is 83.2 Å². The van der Waals surface area contributed by atoms with E-state index < -0.39 is 11.9 Å². The van der Waals surface area contributed by atoms with Gasteiger partial charge in [-0.15, -0.1) is 0 Å². The van der Waals surface area contributed by atoms with Gasteiger partial charge < -0.3 is 14.8 Å². The van der Waals surface area contributed by atoms with Gasteiger partial charge in [0.2, 0.25) is 0 Å². The fraction of sp³-hybridized carbons (Fsp3) is 0.276. The molecule has 0 bridgehead atoms. The molecule has 1 unspecified atom stereocenters. The molecule has 1 atom stereocenters. The minimum Gasteiger partial charge on any atom is -0.490 e. The summed E-state index contributed by atoms with van der Waals surface area (Å²) in [7, 11) is 0. The van der Waals surface area contributed by atoms with Crippen molar-refractivity contribution in [2.24, 2.45) is 11.0 Å². The number of aryl methyl sites for hydroxylation is 1. The number of halogens is 2. The molecule has 2 N–H and O–H groups in total. The van der Waals surface area contributed by atoms with Gasteiger partial charge in [-0.3, -0.25) is 9.59 Å². The van der Waals surface area contributed by atoms with Crippen LogP contribution >= 0.6 is 27.5 Å². The number of carbonyl (C=O) groups excluding carboxylic acids is 2. The lowest BCUT2D eigenvalue weighted by molar-refractivity contribution is -0.123. The van der Waals surface area contributed by atoms with Crippen LogP contribution in [0.5, 0.6) is 11.5 Å². The van der Waals surface area contributed by atoms with E-state index >= 15 is 0 Å². The van der Waals surface area contributed by atoms with E-state index in [1.54, 1.807) is 30.3 Å². The molecule has 0 saturated heterocycles. The number of nitrogens with one attached hydrogen (secondary N) is 2. The van der Waals surface area contributed by atoms with Gasteiger partial charge in [0.15, 0.2) is 11.5 Å². The van der Waals surface area contributed by atoms with Crippen LogP contribution < -0.4 is 20.2 Å². The quantitative estimate of drug-likeness (QED) is 0.200. The third-order valence-electron chi connectivity index (χ3n) is 5.57. The maximum Gasteiger partial charge on any atom is 0.262 e. The highest BCUT2D eigenvalue weighted by atomic mass is 79.9. The summed E-state index contributed by atoms with van der Waals surface area (Å²) < 4.78 is 12.5. The smallest absolute Gasteiger partial charge is 0.262 e. The Balaban J connectivity index is 1.67. The largest absolute Gasteiger partial charge is 0.490 e. The summed E-state index contributed by atoms with van der Waals surface area (Å²) in [5, 5.41) is 7.39. The number of amides is 2. The van der Waals surface area contributed by atoms with Gasteiger partial charge in [0.05, 0.1) is 17.3 Å². The number of nitrogens with zero attached hydrogens (tertiary/aromatic N) is 1. The molecule has 0 aliphatic rings. The Morgan fingerprint density at radius 1 is 1.05 bits per heavy atom. The summed E-state index contributed by atoms with van der Waals surface area (Å²) in [5.41, 5.74) is 5.85. The van der Waals surface area contributed by atoms with E-state index in [1.165, 1.54) is 11.8 Å². The minimum atomic E-state index is -0.779. The number of benzene rings is 3. The fourth-order valence-electron chi connectivity index (χ4n) is 3.51. The lowest BCUT2D eigenvalue weighted by Crippen LogP contribution is -2.48. The highest BCUT2D eigenvalue weighted by molar-refractivity contribution is 9.10. The van der Waals surface area contributed by atoms with Gasteiger partial charge in [0.25, 0.3) is 11.8 Å². The van der Waals surface area contributed by atoms with Crippen molar-refractivity contribution in [1.29, 1.82) is 0 Å². The molecule has 0 aliphatic carbocycles. The summed E-state index contributed by atoms with van der Waals surface area (Å²) in [4.78, 5) is 25.4. The Morgan fingerprint density at radius 2 is 1.74 bits per heavy atom. The molecular formula is C29H31BrClN3O4. The number of hydrazone groups is 1. The van der Waals surface area contributed by atoms with Crippen LogP contribution in [0.3, 0.4) is 0 Å². The van der Waals surface area contributed by atoms with Crippen LogP contribution in [0.15, 0.2) is 70.2 Å². The first kappa shape index (κ1) is 29.2. The SMILES string of the molecule is CCOc1cc(C=NNC(=O)C(NC(=O)c2ccc(Cl)cc2)C(C)C)cc(Br)c1OCc1ccc(C)cc1. The third-order valence-corrected chi connectivity index (χ3v) is 6.41. The highest BCUT2D eigenvalue weighted by Crippen LogP contribution is 2.37. The van der Waals surface area contributed by atoms with Crippen molar-refractivity contribution in [1.82, 2.24) is 10.7 Å². The van der Waals surface area contributed by atoms with Crippen molar-refractivity contribution in [3.63, 3.8) is 0 Å². The van der Waals surface area contributed by atoms with Crippen molar-refractivity contribution in [3.05, 3.63) is 92.4 Å². The van der Waals surface area contributed by atoms with Crippen LogP contribution in [-0.2, 0) is 11.4 Å². The van der Waals surface area contributed by atoms with Crippen molar-refractivity contribution >= 4 is 45.6 Å². The molecule has 0 saturated carbocycles. The second-order valence-electron chi connectivity index (χ2n) is 8.97. The van der Waals surface area contributed by atoms with Crippen LogP contribution in [-0.4, -0.2) is 30.7 Å². The molecule has 0 fully saturated rings. The van der Waals surface area contributed by atoms with Gasteiger partial charge in [-0.2, -0.15) is 5.10 Å². The molecule has 7 nitrogen and oxygen atoms in total. The number of hydrogen-bond acceptors (Lipinski definition) is 5. The first-order valence-corrected chi connectivity index (χ1v) is 13.4. The van der Waals surface area contributed by atoms with Gasteiger partial charge in [-0.25, -0.2) is 5.43 Å². The van der Waals surface area contributed by atoms with Crippen LogP contribution in [0.4, 0.5) is 0 Å². The molecule has 0 aliphatic heterocycles. The highest BCUT2D eigenvalue weighted by Gasteiger charge is 2.24. The van der Waals surface area contributed by atoms with Gasteiger partial charge in [0, 0.05) is 10.6 Å². The molecule has 3 rings (SSSR count). The summed E-state index contributed by atoms with van der Waals surface area (Å²) in [5.74, 6) is 0.173. The minimum absolute atomic E-state index is 0.162. The maximum atomic E-state index is 12.8. The first-order valence-electron chi connectivity index (χ1n) is 12.2. The van der Waals surface area contributed by atoms with Gasteiger partial charge in [-0.1, -0.05) is 55.3 Å². The van der Waals surface area contributed by atoms with E-state index in [2.05, 4.69) is 31.8 Å². The van der Waals surface area contributed by atoms with E-state index in [1.807, 2.05) is 58.0 Å². The van der Waals surface area contributed by atoms with E-state index in [0.717, 1.165) is 5.56 Å². The van der Waals surface area contributed by atoms with Crippen molar-refractivity contribution in [3.8, 4) is 11.5 Å². The number of hydrogen-bond donors (Lipinski definition) is 2. The Morgan fingerprint density at radius 3 is 2.37 bits per heavy atom. The topological polar surface area (TPSA) is 89.0 Å². The van der Waals surface area contributed by atoms with Gasteiger partial charge >= 0.3 is 0 Å². The van der Waals surface area contributed by atoms with E-state index in [-0.39, 0.29) is 11.8 Å². The molecule has 9 heteroatoms. The lowest BCUT2D eigenvalue weighted by Gasteiger charge is -2.20. The van der Waals surface area contributed by atoms with Crippen molar-refractivity contribution in [2.75, 3.05) is 6.61 Å². The fourth-order valence-corrected chi connectivity index (χ4v) is 4.21. The maximum absolute atomic E-state index is 12.8. The van der Waals surface area contributed by atoms with Crippen LogP contribution in [0.2, 0.25) is 5.02 Å². The average Bonchev–Trinajstić information content (AvgIpc) is 2.88. The predicted molar refractivity (Wildman–Crippen MR) is 154 cm³/mol. The molecule has 0 radical (unpaired) electrons. The molecule has 0 aromatic heterocycles. The second-order valence-corrected chi connectivity index (χ2v) is 10.3. The number of rotatable bonds is 11. The Labute approximate surface area is 236 Å². The van der Waals surface area contributed by atoms with Crippen molar-refractivity contribution in [2.45, 2.75) is 40.3 Å². The summed E-state index contributed by atoms with van der Waals surface area (Å²) in [6.07, 6.45) is 1.51. The molecular weight excluding hydrogens is 570 g/mol. The molecule has 0 spiro atoms. The standard InChI is InChI=1S/C29H31BrClN3O4/c1-5-37-25-15-21(14-24(30)27(25)38-17-20-8-6-19(4)7-9-20)16-32-34-29(36)26(18(2)3)33-28(35)22-10-12-23(31)13-11-22/h6-16,18,26H,5,17H2,1-4H3,(H,33,35)(H,34,36). The average molecular weight is 601 g/mol. The second kappa shape index (κ2) is 14.0. The molecule has 3 aromatic rings. The van der Waals surface area contributed by atoms with E-state index in [0.29, 0.717) is 45.3 Å². The Bertz CT molecular complexity index is 1280. The van der Waals surface area contributed by atoms with Crippen LogP contribution in [0, 0.1) is 12.8 Å². The van der Waals surface area contributed by atoms with Crippen LogP contribution in [0.25, 0.3) is 0 Å². The summed E-state index contributed by atoms with van der Waals surface area (Å²) >= 11 is 9.45. The third kappa shape index (κ3) is 8.33. The summed E-state index contributed by atoms with van der Waals surface area (Å²) in [6.45, 7) is 8.46. The number of carbonyl (C=O) groups is 2. The van der Waals surface area contributed by atoms with E-state index in [9.17, 15) is 9.59 Å². The summed E-state index contributed by atoms with van der Waals surface area (Å²) in [6, 6.07) is 17.4. The van der Waals surface area contributed by atoms with Crippen LogP contribution in [0.1, 0.15) is 47.8 Å². The molecule has 200 valence electrons. The Hall–Kier alpha value is -3.36. The Kier molecular flexibility index (Phi) is 10.7. The molecule has 38 heavy (non-hydrogen) atoms. The zero-order valence-electron chi connectivity index (χ0n) is 21.8. The zero-order chi connectivity index (χ0) is 27.7.